The Morgan fingerprint density at radius 3 is 2.47 bits per heavy atom. The van der Waals surface area contributed by atoms with E-state index in [-0.39, 0.29) is 0 Å². The van der Waals surface area contributed by atoms with Crippen molar-refractivity contribution in [2.24, 2.45) is 11.3 Å². The zero-order chi connectivity index (χ0) is 13.9. The fourth-order valence-electron chi connectivity index (χ4n) is 4.06. The van der Waals surface area contributed by atoms with Gasteiger partial charge in [-0.2, -0.15) is 0 Å². The molecule has 1 atom stereocenters. The highest BCUT2D eigenvalue weighted by atomic mass is 32.1. The molecule has 1 aliphatic carbocycles. The third kappa shape index (κ3) is 3.22. The maximum atomic E-state index is 3.82. The van der Waals surface area contributed by atoms with E-state index in [9.17, 15) is 0 Å². The van der Waals surface area contributed by atoms with Crippen molar-refractivity contribution in [1.82, 2.24) is 5.32 Å². The van der Waals surface area contributed by atoms with Crippen LogP contribution in [0.1, 0.15) is 69.4 Å². The van der Waals surface area contributed by atoms with Crippen LogP contribution in [-0.4, -0.2) is 6.54 Å². The van der Waals surface area contributed by atoms with E-state index in [1.807, 2.05) is 11.3 Å². The minimum Gasteiger partial charge on any atom is -0.310 e. The molecule has 1 aromatic rings. The molecule has 0 bridgehead atoms. The summed E-state index contributed by atoms with van der Waals surface area (Å²) in [6.07, 6.45) is 6.99. The average Bonchev–Trinajstić information content (AvgIpc) is 2.96. The van der Waals surface area contributed by atoms with Gasteiger partial charge in [0, 0.05) is 10.9 Å². The van der Waals surface area contributed by atoms with Gasteiger partial charge >= 0.3 is 0 Å². The normalized spacial score (nSPS) is 20.1. The van der Waals surface area contributed by atoms with Crippen LogP contribution in [0.3, 0.4) is 0 Å². The van der Waals surface area contributed by atoms with Gasteiger partial charge in [0.2, 0.25) is 0 Å². The molecule has 2 heteroatoms. The Bertz CT molecular complexity index is 388. The summed E-state index contributed by atoms with van der Waals surface area (Å²) in [4.78, 5) is 1.50. The summed E-state index contributed by atoms with van der Waals surface area (Å²) in [6.45, 7) is 10.3. The van der Waals surface area contributed by atoms with Crippen LogP contribution in [0.5, 0.6) is 0 Å². The van der Waals surface area contributed by atoms with E-state index in [2.05, 4.69) is 44.5 Å². The first-order valence-corrected chi connectivity index (χ1v) is 8.74. The number of nitrogens with one attached hydrogen (secondary N) is 1. The van der Waals surface area contributed by atoms with Crippen molar-refractivity contribution in [2.45, 2.75) is 65.8 Å². The molecule has 1 aromatic heterocycles. The van der Waals surface area contributed by atoms with Gasteiger partial charge in [-0.1, -0.05) is 33.6 Å². The lowest BCUT2D eigenvalue weighted by Gasteiger charge is -2.40. The molecular formula is C17H29NS. The largest absolute Gasteiger partial charge is 0.310 e. The molecule has 0 spiro atoms. The second-order valence-corrected chi connectivity index (χ2v) is 7.71. The van der Waals surface area contributed by atoms with Gasteiger partial charge in [-0.15, -0.1) is 11.3 Å². The van der Waals surface area contributed by atoms with Crippen molar-refractivity contribution in [3.8, 4) is 0 Å². The van der Waals surface area contributed by atoms with Crippen molar-refractivity contribution >= 4 is 11.3 Å². The highest BCUT2D eigenvalue weighted by Gasteiger charge is 2.42. The fraction of sp³-hybridized carbons (Fsp3) is 0.765. The van der Waals surface area contributed by atoms with Crippen molar-refractivity contribution in [3.63, 3.8) is 0 Å². The van der Waals surface area contributed by atoms with E-state index < -0.39 is 0 Å². The topological polar surface area (TPSA) is 12.0 Å². The summed E-state index contributed by atoms with van der Waals surface area (Å²) in [5.41, 5.74) is 2.06. The quantitative estimate of drug-likeness (QED) is 0.743. The van der Waals surface area contributed by atoms with Crippen LogP contribution >= 0.6 is 11.3 Å². The minimum atomic E-state index is 0.496. The summed E-state index contributed by atoms with van der Waals surface area (Å²) in [5.74, 6) is 0.790. The van der Waals surface area contributed by atoms with Crippen LogP contribution in [0, 0.1) is 18.3 Å². The Hall–Kier alpha value is -0.340. The minimum absolute atomic E-state index is 0.496. The average molecular weight is 279 g/mol. The van der Waals surface area contributed by atoms with E-state index in [1.54, 1.807) is 5.56 Å². The molecule has 0 aliphatic heterocycles. The molecule has 1 N–H and O–H groups in total. The van der Waals surface area contributed by atoms with Crippen LogP contribution in [0.2, 0.25) is 0 Å². The Kier molecular flexibility index (Phi) is 5.08. The highest BCUT2D eigenvalue weighted by molar-refractivity contribution is 7.10. The molecule has 0 saturated heterocycles. The smallest absolute Gasteiger partial charge is 0.0388 e. The van der Waals surface area contributed by atoms with Gasteiger partial charge in [-0.3, -0.25) is 0 Å². The lowest BCUT2D eigenvalue weighted by atomic mass is 9.70. The van der Waals surface area contributed by atoms with Crippen molar-refractivity contribution in [3.05, 3.63) is 21.9 Å². The lowest BCUT2D eigenvalue weighted by molar-refractivity contribution is 0.157. The maximum Gasteiger partial charge on any atom is 0.0388 e. The van der Waals surface area contributed by atoms with Crippen molar-refractivity contribution in [1.29, 1.82) is 0 Å². The lowest BCUT2D eigenvalue weighted by Crippen LogP contribution is -2.37. The zero-order valence-electron chi connectivity index (χ0n) is 13.0. The molecule has 1 saturated carbocycles. The summed E-state index contributed by atoms with van der Waals surface area (Å²) in [5, 5.41) is 6.08. The molecule has 0 radical (unpaired) electrons. The van der Waals surface area contributed by atoms with E-state index in [1.165, 1.54) is 37.0 Å². The second-order valence-electron chi connectivity index (χ2n) is 6.59. The van der Waals surface area contributed by atoms with Crippen molar-refractivity contribution < 1.29 is 0 Å². The van der Waals surface area contributed by atoms with Gasteiger partial charge in [0.25, 0.3) is 0 Å². The van der Waals surface area contributed by atoms with Gasteiger partial charge in [-0.25, -0.2) is 0 Å². The fourth-order valence-corrected chi connectivity index (χ4v) is 4.80. The maximum absolute atomic E-state index is 3.82. The summed E-state index contributed by atoms with van der Waals surface area (Å²) < 4.78 is 0. The first kappa shape index (κ1) is 15.1. The number of aryl methyl sites for hydroxylation is 1. The Labute approximate surface area is 122 Å². The van der Waals surface area contributed by atoms with E-state index in [4.69, 9.17) is 0 Å². The molecule has 1 unspecified atom stereocenters. The Morgan fingerprint density at radius 1 is 1.32 bits per heavy atom. The van der Waals surface area contributed by atoms with E-state index >= 15 is 0 Å². The summed E-state index contributed by atoms with van der Waals surface area (Å²) >= 11 is 1.89. The van der Waals surface area contributed by atoms with Gasteiger partial charge in [0.05, 0.1) is 0 Å². The predicted octanol–water partition coefficient (Wildman–Crippen LogP) is 5.31. The number of rotatable bonds is 6. The molecule has 1 heterocycles. The molecule has 0 amide bonds. The third-order valence-corrected chi connectivity index (χ3v) is 5.51. The van der Waals surface area contributed by atoms with E-state index in [0.29, 0.717) is 11.5 Å². The van der Waals surface area contributed by atoms with Gasteiger partial charge in [0.15, 0.2) is 0 Å². The highest BCUT2D eigenvalue weighted by Crippen LogP contribution is 2.52. The number of hydrogen-bond acceptors (Lipinski definition) is 2. The first-order chi connectivity index (χ1) is 9.09. The molecule has 19 heavy (non-hydrogen) atoms. The van der Waals surface area contributed by atoms with Crippen molar-refractivity contribution in [2.75, 3.05) is 6.54 Å². The van der Waals surface area contributed by atoms with Crippen LogP contribution in [0.15, 0.2) is 11.4 Å². The van der Waals surface area contributed by atoms with Crippen LogP contribution in [-0.2, 0) is 0 Å². The van der Waals surface area contributed by atoms with E-state index in [0.717, 1.165) is 12.5 Å². The Morgan fingerprint density at radius 2 is 2.00 bits per heavy atom. The molecule has 1 aliphatic rings. The predicted molar refractivity (Wildman–Crippen MR) is 85.8 cm³/mol. The number of hydrogen-bond donors (Lipinski definition) is 1. The first-order valence-electron chi connectivity index (χ1n) is 7.86. The monoisotopic (exact) mass is 279 g/mol. The third-order valence-electron chi connectivity index (χ3n) is 4.64. The molecule has 2 rings (SSSR count). The second kappa shape index (κ2) is 6.41. The van der Waals surface area contributed by atoms with Crippen LogP contribution in [0.4, 0.5) is 0 Å². The molecule has 1 fully saturated rings. The van der Waals surface area contributed by atoms with Gasteiger partial charge < -0.3 is 5.32 Å². The summed E-state index contributed by atoms with van der Waals surface area (Å²) in [6, 6.07) is 2.92. The van der Waals surface area contributed by atoms with Crippen LogP contribution < -0.4 is 5.32 Å². The molecule has 0 aromatic carbocycles. The Balaban J connectivity index is 2.32. The summed E-state index contributed by atoms with van der Waals surface area (Å²) in [7, 11) is 0. The molecule has 1 nitrogen and oxygen atoms in total. The van der Waals surface area contributed by atoms with Gasteiger partial charge in [-0.05, 0) is 61.1 Å². The molecule has 108 valence electrons. The van der Waals surface area contributed by atoms with Crippen LogP contribution in [0.25, 0.3) is 0 Å². The SMILES string of the molecule is CCNC(c1ccsc1C)C1(CC(C)C)CCCC1. The zero-order valence-corrected chi connectivity index (χ0v) is 13.8. The molecular weight excluding hydrogens is 250 g/mol. The number of thiophene rings is 1. The standard InChI is InChI=1S/C17H29NS/c1-5-18-16(15-8-11-19-14(15)4)17(12-13(2)3)9-6-7-10-17/h8,11,13,16,18H,5-7,9-10,12H2,1-4H3. The van der Waals surface area contributed by atoms with Gasteiger partial charge in [0.1, 0.15) is 0 Å².